The van der Waals surface area contributed by atoms with Crippen LogP contribution in [-0.2, 0) is 27.9 Å². The molecular formula is C69H83B3Br2N8O10S3. The van der Waals surface area contributed by atoms with Crippen LogP contribution in [0.1, 0.15) is 142 Å². The fourth-order valence-electron chi connectivity index (χ4n) is 11.0. The molecule has 0 spiro atoms. The predicted octanol–water partition coefficient (Wildman–Crippen LogP) is 15.5. The molecule has 95 heavy (non-hydrogen) atoms. The van der Waals surface area contributed by atoms with Crippen LogP contribution < -0.4 is 19.5 Å². The number of aldehydes is 2. The number of hydrogen-bond acceptors (Lipinski definition) is 21. The highest BCUT2D eigenvalue weighted by molar-refractivity contribution is 9.11. The summed E-state index contributed by atoms with van der Waals surface area (Å²) in [5.41, 5.74) is 6.34. The summed E-state index contributed by atoms with van der Waals surface area (Å²) < 4.78 is 38.7. The smallest absolute Gasteiger partial charge is 0.506 e. The molecule has 14 rings (SSSR count). The van der Waals surface area contributed by atoms with Crippen LogP contribution in [0.3, 0.4) is 0 Å². The van der Waals surface area contributed by atoms with Crippen LogP contribution in [0.15, 0.2) is 124 Å². The van der Waals surface area contributed by atoms with Gasteiger partial charge in [-0.25, -0.2) is 19.9 Å². The maximum atomic E-state index is 11.0. The number of rotatable bonds is 11. The van der Waals surface area contributed by atoms with Crippen molar-refractivity contribution in [3.8, 4) is 53.8 Å². The lowest BCUT2D eigenvalue weighted by Gasteiger charge is -2.32. The molecule has 0 unspecified atom stereocenters. The van der Waals surface area contributed by atoms with E-state index < -0.39 is 14.0 Å². The standard InChI is InChI=1S/C19H25BN2O2S.C19H17N3O2S.C13H13BrN2S.C12H24B2O4.C6H4BrNO2/c1-18(2)19(3,4)24-20(23-18)16-13-21-17(25-16)14-7-9-15(10-8-14)22-11-5-6-12-22;23-12-14-9-16(20-10-17(14)24)18-11-21-19(25-18)13-3-5-15(6-4-13)22-7-1-2-8-22;14-12-9-15-13(17-12)10-3-5-11(6-4-10)16-7-1-2-8-16;1-9(2)10(3,4)16-13(15-9)14-17-11(5,6)12(7,8)18-14;7-6-1-4(3-9)5(10)2-8-6/h7-10,13H,5-6,11-12H2,1-4H3;3-6,9-12,24H,1-2,7-8H2;3-6,9H,1-2,7-8H2;1-8H3;1-3,10H. The summed E-state index contributed by atoms with van der Waals surface area (Å²) in [5.74, 6) is -0.209. The molecule has 0 saturated carbocycles. The molecule has 0 bridgehead atoms. The number of thiazole rings is 3. The van der Waals surface area contributed by atoms with Crippen LogP contribution in [-0.4, -0.2) is 142 Å². The minimum atomic E-state index is -0.476. The van der Waals surface area contributed by atoms with E-state index in [0.29, 0.717) is 22.9 Å². The van der Waals surface area contributed by atoms with E-state index in [1.54, 1.807) is 34.9 Å². The van der Waals surface area contributed by atoms with Crippen molar-refractivity contribution in [3.63, 3.8) is 0 Å². The van der Waals surface area contributed by atoms with Crippen LogP contribution in [0.4, 0.5) is 17.1 Å². The Morgan fingerprint density at radius 1 is 0.432 bits per heavy atom. The number of carbonyl (C=O) groups is 2. The molecule has 6 saturated heterocycles. The highest BCUT2D eigenvalue weighted by atomic mass is 79.9. The summed E-state index contributed by atoms with van der Waals surface area (Å²) in [6, 6.07) is 29.0. The fraction of sp³-hybridized carbons (Fsp3) is 0.435. The Morgan fingerprint density at radius 3 is 1.16 bits per heavy atom. The van der Waals surface area contributed by atoms with E-state index in [2.05, 4.69) is 172 Å². The van der Waals surface area contributed by atoms with Gasteiger partial charge in [-0.2, -0.15) is 0 Å². The number of nitrogens with zero attached hydrogens (tertiary/aromatic N) is 8. The second kappa shape index (κ2) is 30.1. The Balaban J connectivity index is 0.000000133. The monoisotopic (exact) mass is 1470 g/mol. The first-order valence-corrected chi connectivity index (χ1v) is 36.2. The van der Waals surface area contributed by atoms with Gasteiger partial charge < -0.3 is 52.8 Å². The van der Waals surface area contributed by atoms with Gasteiger partial charge in [-0.15, -0.1) is 34.0 Å². The van der Waals surface area contributed by atoms with E-state index in [4.69, 9.17) is 33.0 Å². The lowest BCUT2D eigenvalue weighted by Crippen LogP contribution is -2.41. The number of carbonyl (C=O) groups excluding carboxylic acids is 2. The molecule has 26 heteroatoms. The number of hydrogen-bond donors (Lipinski definition) is 2. The molecule has 6 aliphatic heterocycles. The molecule has 6 aliphatic rings. The van der Waals surface area contributed by atoms with Crippen LogP contribution >= 0.6 is 65.9 Å². The number of aromatic hydroxyl groups is 2. The van der Waals surface area contributed by atoms with Crippen molar-refractivity contribution in [1.29, 1.82) is 0 Å². The molecule has 2 N–H and O–H groups in total. The summed E-state index contributed by atoms with van der Waals surface area (Å²) >= 11 is 11.3. The van der Waals surface area contributed by atoms with Gasteiger partial charge in [0.1, 0.15) is 31.1 Å². The van der Waals surface area contributed by atoms with Gasteiger partial charge in [0.05, 0.1) is 82.5 Å². The van der Waals surface area contributed by atoms with Crippen LogP contribution in [0.5, 0.6) is 11.5 Å². The summed E-state index contributed by atoms with van der Waals surface area (Å²) in [5, 5.41) is 21.5. The molecule has 3 aromatic carbocycles. The van der Waals surface area contributed by atoms with E-state index in [1.165, 1.54) is 117 Å². The molecule has 11 heterocycles. The third-order valence-electron chi connectivity index (χ3n) is 18.8. The van der Waals surface area contributed by atoms with Crippen molar-refractivity contribution in [2.45, 2.75) is 155 Å². The predicted molar refractivity (Wildman–Crippen MR) is 392 cm³/mol. The lowest BCUT2D eigenvalue weighted by molar-refractivity contribution is 0.00578. The zero-order valence-electron chi connectivity index (χ0n) is 56.1. The van der Waals surface area contributed by atoms with E-state index in [9.17, 15) is 14.7 Å². The SMILES string of the molecule is Brc1cnc(-c2ccc(N3CCCC3)cc2)s1.CC1(C)OB(B2OC(C)(C)C(C)(C)O2)OC1(C)C.CC1(C)OB(c2cnc(-c3ccc(N4CCCC4)cc3)s2)OC1(C)C.O=Cc1cc(-c2cnc(-c3ccc(N4CCCC4)cc3)s2)ncc1O.O=Cc1cc(Br)ncc1O. The van der Waals surface area contributed by atoms with E-state index in [1.807, 2.05) is 67.8 Å². The molecule has 0 amide bonds. The largest absolute Gasteiger partial charge is 0.507 e. The number of pyridine rings is 2. The van der Waals surface area contributed by atoms with Crippen molar-refractivity contribution < 1.29 is 47.7 Å². The average molecular weight is 1470 g/mol. The average Bonchev–Trinajstić information content (AvgIpc) is 1.61. The van der Waals surface area contributed by atoms with Gasteiger partial charge >= 0.3 is 21.1 Å². The second-order valence-electron chi connectivity index (χ2n) is 27.1. The lowest BCUT2D eigenvalue weighted by atomic mass is 9.49. The maximum absolute atomic E-state index is 11.0. The maximum Gasteiger partial charge on any atom is 0.507 e. The van der Waals surface area contributed by atoms with Crippen molar-refractivity contribution >= 4 is 121 Å². The summed E-state index contributed by atoms with van der Waals surface area (Å²) in [6.45, 7) is 31.5. The number of aromatic nitrogens is 5. The summed E-state index contributed by atoms with van der Waals surface area (Å²) in [7, 11) is -1.28. The molecule has 18 nitrogen and oxygen atoms in total. The minimum Gasteiger partial charge on any atom is -0.506 e. The normalized spacial score (nSPS) is 19.3. The highest BCUT2D eigenvalue weighted by Crippen LogP contribution is 2.44. The van der Waals surface area contributed by atoms with E-state index in [-0.39, 0.29) is 63.4 Å². The zero-order valence-corrected chi connectivity index (χ0v) is 61.7. The van der Waals surface area contributed by atoms with Gasteiger partial charge in [0.2, 0.25) is 0 Å². The quantitative estimate of drug-likeness (QED) is 0.0702. The van der Waals surface area contributed by atoms with Gasteiger partial charge in [-0.05, 0) is 238 Å². The molecule has 8 aromatic rings. The summed E-state index contributed by atoms with van der Waals surface area (Å²) in [4.78, 5) is 50.6. The fourth-order valence-corrected chi connectivity index (χ4v) is 14.3. The molecule has 500 valence electrons. The highest BCUT2D eigenvalue weighted by Gasteiger charge is 2.64. The minimum absolute atomic E-state index is 0.0989. The Morgan fingerprint density at radius 2 is 0.779 bits per heavy atom. The number of anilines is 3. The number of benzene rings is 3. The van der Waals surface area contributed by atoms with Crippen molar-refractivity contribution in [2.24, 2.45) is 0 Å². The topological polar surface area (TPSA) is 204 Å². The van der Waals surface area contributed by atoms with E-state index >= 15 is 0 Å². The third kappa shape index (κ3) is 17.2. The summed E-state index contributed by atoms with van der Waals surface area (Å²) in [6.07, 6.45) is 17.0. The Hall–Kier alpha value is -5.90. The zero-order chi connectivity index (χ0) is 68.1. The number of halogens is 2. The van der Waals surface area contributed by atoms with Crippen LogP contribution in [0.25, 0.3) is 42.3 Å². The van der Waals surface area contributed by atoms with Crippen LogP contribution in [0.2, 0.25) is 0 Å². The van der Waals surface area contributed by atoms with Crippen molar-refractivity contribution in [3.05, 3.63) is 135 Å². The molecule has 6 fully saturated rings. The van der Waals surface area contributed by atoms with E-state index in [0.717, 1.165) is 52.7 Å². The molecule has 0 radical (unpaired) electrons. The van der Waals surface area contributed by atoms with Gasteiger partial charge in [0.15, 0.2) is 12.6 Å². The molecule has 5 aromatic heterocycles. The first kappa shape index (κ1) is 71.9. The second-order valence-corrected chi connectivity index (χ2v) is 32.4. The van der Waals surface area contributed by atoms with Gasteiger partial charge in [-0.3, -0.25) is 14.6 Å². The molecular weight excluding hydrogens is 1390 g/mol. The van der Waals surface area contributed by atoms with Crippen molar-refractivity contribution in [1.82, 2.24) is 24.9 Å². The Labute approximate surface area is 588 Å². The van der Waals surface area contributed by atoms with Crippen molar-refractivity contribution in [2.75, 3.05) is 54.0 Å². The third-order valence-corrected chi connectivity index (χ3v) is 22.9. The van der Waals surface area contributed by atoms with Gasteiger partial charge in [-0.1, -0.05) is 0 Å². The Bertz CT molecular complexity index is 3810. The molecule has 0 aliphatic carbocycles. The molecule has 0 atom stereocenters. The Kier molecular flexibility index (Phi) is 22.7. The van der Waals surface area contributed by atoms with Gasteiger partial charge in [0.25, 0.3) is 0 Å². The van der Waals surface area contributed by atoms with Gasteiger partial charge in [0, 0.05) is 85.4 Å². The first-order chi connectivity index (χ1) is 45.0. The first-order valence-electron chi connectivity index (χ1n) is 32.1. The van der Waals surface area contributed by atoms with Crippen LogP contribution in [0, 0.1) is 0 Å².